The number of halogens is 1. The summed E-state index contributed by atoms with van der Waals surface area (Å²) < 4.78 is 18.5. The molecular formula is C15H23FN4O3. The monoisotopic (exact) mass is 326 g/mol. The summed E-state index contributed by atoms with van der Waals surface area (Å²) >= 11 is 0. The Kier molecular flexibility index (Phi) is 4.93. The van der Waals surface area contributed by atoms with Crippen LogP contribution in [0.1, 0.15) is 20.8 Å². The summed E-state index contributed by atoms with van der Waals surface area (Å²) in [4.78, 5) is 19.5. The number of nitrogen functional groups attached to an aromatic ring is 1. The molecule has 1 amide bonds. The van der Waals surface area contributed by atoms with Crippen LogP contribution in [0.25, 0.3) is 0 Å². The van der Waals surface area contributed by atoms with E-state index < -0.39 is 17.5 Å². The summed E-state index contributed by atoms with van der Waals surface area (Å²) in [5, 5.41) is 9.64. The van der Waals surface area contributed by atoms with Crippen LogP contribution < -0.4 is 10.6 Å². The van der Waals surface area contributed by atoms with Crippen LogP contribution in [0.5, 0.6) is 0 Å². The lowest BCUT2D eigenvalue weighted by atomic mass is 10.1. The molecule has 1 atom stereocenters. The lowest BCUT2D eigenvalue weighted by molar-refractivity contribution is 0.0197. The molecule has 0 bridgehead atoms. The molecule has 1 aromatic heterocycles. The zero-order valence-electron chi connectivity index (χ0n) is 13.6. The molecule has 0 spiro atoms. The second kappa shape index (κ2) is 6.57. The van der Waals surface area contributed by atoms with E-state index in [1.54, 1.807) is 30.6 Å². The molecule has 1 aliphatic heterocycles. The van der Waals surface area contributed by atoms with Gasteiger partial charge < -0.3 is 25.4 Å². The Hall–Kier alpha value is -2.09. The topological polar surface area (TPSA) is 91.9 Å². The number of nitrogens with zero attached hydrogens (tertiary/aromatic N) is 3. The van der Waals surface area contributed by atoms with Crippen molar-refractivity contribution in [3.63, 3.8) is 0 Å². The van der Waals surface area contributed by atoms with Gasteiger partial charge in [0, 0.05) is 25.7 Å². The van der Waals surface area contributed by atoms with Gasteiger partial charge in [-0.1, -0.05) is 0 Å². The fraction of sp³-hybridized carbons (Fsp3) is 0.600. The number of amides is 1. The molecule has 0 aromatic carbocycles. The largest absolute Gasteiger partial charge is 0.444 e. The van der Waals surface area contributed by atoms with Crippen molar-refractivity contribution in [2.75, 3.05) is 36.9 Å². The first-order chi connectivity index (χ1) is 10.7. The number of hydrogen-bond acceptors (Lipinski definition) is 6. The Labute approximate surface area is 134 Å². The summed E-state index contributed by atoms with van der Waals surface area (Å²) in [5.41, 5.74) is 5.44. The highest BCUT2D eigenvalue weighted by molar-refractivity contribution is 5.69. The summed E-state index contributed by atoms with van der Waals surface area (Å²) in [7, 11) is 0. The molecule has 3 N–H and O–H groups in total. The van der Waals surface area contributed by atoms with Crippen molar-refractivity contribution in [1.82, 2.24) is 9.88 Å². The van der Waals surface area contributed by atoms with Crippen molar-refractivity contribution in [3.8, 4) is 0 Å². The minimum Gasteiger partial charge on any atom is -0.444 e. The third-order valence-electron chi connectivity index (χ3n) is 3.48. The van der Waals surface area contributed by atoms with Crippen LogP contribution in [0.4, 0.5) is 20.7 Å². The number of pyridine rings is 1. The number of aliphatic hydroxyl groups is 1. The number of aromatic nitrogens is 1. The standard InChI is InChI=1S/C15H23FN4O3/c1-15(2,3)23-14(22)19-4-5-20(11(8-19)9-21)13-12(17)6-10(16)7-18-13/h6-7,11,21H,4-5,8-9,17H2,1-3H3. The highest BCUT2D eigenvalue weighted by Gasteiger charge is 2.33. The van der Waals surface area contributed by atoms with Crippen LogP contribution >= 0.6 is 0 Å². The molecule has 8 heteroatoms. The van der Waals surface area contributed by atoms with Crippen molar-refractivity contribution in [3.05, 3.63) is 18.1 Å². The summed E-state index contributed by atoms with van der Waals surface area (Å²) in [6, 6.07) is 0.813. The number of ether oxygens (including phenoxy) is 1. The predicted octanol–water partition coefficient (Wildman–Crippen LogP) is 1.22. The third kappa shape index (κ3) is 4.22. The first kappa shape index (κ1) is 17.3. The normalized spacial score (nSPS) is 18.9. The smallest absolute Gasteiger partial charge is 0.410 e. The van der Waals surface area contributed by atoms with Crippen LogP contribution in [-0.4, -0.2) is 59.0 Å². The predicted molar refractivity (Wildman–Crippen MR) is 84.6 cm³/mol. The summed E-state index contributed by atoms with van der Waals surface area (Å²) in [6.07, 6.45) is 0.663. The number of anilines is 2. The molecule has 0 aliphatic carbocycles. The molecule has 1 aliphatic rings. The second-order valence-corrected chi connectivity index (χ2v) is 6.52. The first-order valence-corrected chi connectivity index (χ1v) is 7.47. The lowest BCUT2D eigenvalue weighted by Crippen LogP contribution is -2.57. The molecule has 0 saturated carbocycles. The first-order valence-electron chi connectivity index (χ1n) is 7.47. The fourth-order valence-electron chi connectivity index (χ4n) is 2.47. The Morgan fingerprint density at radius 1 is 1.52 bits per heavy atom. The fourth-order valence-corrected chi connectivity index (χ4v) is 2.47. The van der Waals surface area contributed by atoms with Crippen LogP contribution in [0, 0.1) is 5.82 Å². The maximum atomic E-state index is 13.1. The Morgan fingerprint density at radius 2 is 2.22 bits per heavy atom. The molecule has 0 radical (unpaired) electrons. The van der Waals surface area contributed by atoms with E-state index in [0.29, 0.717) is 18.9 Å². The Morgan fingerprint density at radius 3 is 2.78 bits per heavy atom. The highest BCUT2D eigenvalue weighted by atomic mass is 19.1. The van der Waals surface area contributed by atoms with Crippen molar-refractivity contribution in [2.45, 2.75) is 32.4 Å². The van der Waals surface area contributed by atoms with Gasteiger partial charge in [0.05, 0.1) is 24.5 Å². The lowest BCUT2D eigenvalue weighted by Gasteiger charge is -2.41. The van der Waals surface area contributed by atoms with Crippen LogP contribution in [0.15, 0.2) is 12.3 Å². The average molecular weight is 326 g/mol. The van der Waals surface area contributed by atoms with Gasteiger partial charge in [-0.3, -0.25) is 0 Å². The molecule has 2 rings (SSSR count). The third-order valence-corrected chi connectivity index (χ3v) is 3.48. The zero-order valence-corrected chi connectivity index (χ0v) is 13.6. The van der Waals surface area contributed by atoms with Gasteiger partial charge in [0.25, 0.3) is 0 Å². The van der Waals surface area contributed by atoms with Gasteiger partial charge in [0.2, 0.25) is 0 Å². The van der Waals surface area contributed by atoms with Gasteiger partial charge in [0.15, 0.2) is 5.82 Å². The Bertz CT molecular complexity index is 576. The maximum absolute atomic E-state index is 13.1. The van der Waals surface area contributed by atoms with E-state index in [1.807, 2.05) is 0 Å². The van der Waals surface area contributed by atoms with Crippen molar-refractivity contribution < 1.29 is 19.0 Å². The van der Waals surface area contributed by atoms with Gasteiger partial charge >= 0.3 is 6.09 Å². The SMILES string of the molecule is CC(C)(C)OC(=O)N1CCN(c2ncc(F)cc2N)C(CO)C1. The number of rotatable bonds is 2. The quantitative estimate of drug-likeness (QED) is 0.849. The van der Waals surface area contributed by atoms with Gasteiger partial charge in [-0.15, -0.1) is 0 Å². The summed E-state index contributed by atoms with van der Waals surface area (Å²) in [5.74, 6) is -0.103. The Balaban J connectivity index is 2.11. The number of aliphatic hydroxyl groups excluding tert-OH is 1. The number of piperazine rings is 1. The van der Waals surface area contributed by atoms with E-state index in [1.165, 1.54) is 6.07 Å². The molecule has 128 valence electrons. The zero-order chi connectivity index (χ0) is 17.2. The van der Waals surface area contributed by atoms with E-state index in [9.17, 15) is 14.3 Å². The minimum atomic E-state index is -0.578. The van der Waals surface area contributed by atoms with Crippen LogP contribution in [-0.2, 0) is 4.74 Å². The van der Waals surface area contributed by atoms with Crippen LogP contribution in [0.2, 0.25) is 0 Å². The molecule has 1 aromatic rings. The highest BCUT2D eigenvalue weighted by Crippen LogP contribution is 2.25. The number of hydrogen-bond donors (Lipinski definition) is 2. The molecule has 23 heavy (non-hydrogen) atoms. The van der Waals surface area contributed by atoms with Gasteiger partial charge in [-0.2, -0.15) is 0 Å². The van der Waals surface area contributed by atoms with E-state index in [4.69, 9.17) is 10.5 Å². The average Bonchev–Trinajstić information content (AvgIpc) is 2.45. The minimum absolute atomic E-state index is 0.183. The van der Waals surface area contributed by atoms with Crippen molar-refractivity contribution in [2.24, 2.45) is 0 Å². The number of carbonyl (C=O) groups is 1. The number of carbonyl (C=O) groups excluding carboxylic acids is 1. The van der Waals surface area contributed by atoms with E-state index >= 15 is 0 Å². The van der Waals surface area contributed by atoms with Crippen LogP contribution in [0.3, 0.4) is 0 Å². The maximum Gasteiger partial charge on any atom is 0.410 e. The van der Waals surface area contributed by atoms with E-state index in [2.05, 4.69) is 4.98 Å². The molecule has 1 fully saturated rings. The number of nitrogens with two attached hydrogens (primary N) is 1. The van der Waals surface area contributed by atoms with E-state index in [-0.39, 0.29) is 24.9 Å². The molecule has 7 nitrogen and oxygen atoms in total. The van der Waals surface area contributed by atoms with Crippen molar-refractivity contribution >= 4 is 17.6 Å². The molecular weight excluding hydrogens is 303 g/mol. The second-order valence-electron chi connectivity index (χ2n) is 6.52. The van der Waals surface area contributed by atoms with Gasteiger partial charge in [-0.05, 0) is 20.8 Å². The molecule has 2 heterocycles. The van der Waals surface area contributed by atoms with Gasteiger partial charge in [0.1, 0.15) is 11.4 Å². The molecule has 1 saturated heterocycles. The van der Waals surface area contributed by atoms with Crippen molar-refractivity contribution in [1.29, 1.82) is 0 Å². The molecule has 1 unspecified atom stereocenters. The van der Waals surface area contributed by atoms with E-state index in [0.717, 1.165) is 6.20 Å². The van der Waals surface area contributed by atoms with Gasteiger partial charge in [-0.25, -0.2) is 14.2 Å². The summed E-state index contributed by atoms with van der Waals surface area (Å²) in [6.45, 7) is 6.33.